The van der Waals surface area contributed by atoms with Gasteiger partial charge in [-0.15, -0.1) is 0 Å². The average Bonchev–Trinajstić information content (AvgIpc) is 3.04. The molecule has 0 atom stereocenters. The van der Waals surface area contributed by atoms with Crippen LogP contribution in [-0.2, 0) is 21.5 Å². The maximum atomic E-state index is 11.6. The highest BCUT2D eigenvalue weighted by Gasteiger charge is 2.27. The van der Waals surface area contributed by atoms with E-state index in [2.05, 4.69) is 25.3 Å². The maximum Gasteiger partial charge on any atom is 0.308 e. The number of hydrogen-bond donors (Lipinski definition) is 1. The Balaban J connectivity index is 1.87. The predicted octanol–water partition coefficient (Wildman–Crippen LogP) is 1.33. The summed E-state index contributed by atoms with van der Waals surface area (Å²) in [6.07, 6.45) is 1.54. The monoisotopic (exact) mass is 337 g/mol. The van der Waals surface area contributed by atoms with Gasteiger partial charge < -0.3 is 19.5 Å². The number of carbonyl (C=O) groups is 1. The molecule has 0 amide bonds. The number of hydrogen-bond acceptors (Lipinski definition) is 6. The summed E-state index contributed by atoms with van der Waals surface area (Å²) in [5, 5.41) is 7.25. The Morgan fingerprint density at radius 1 is 1.42 bits per heavy atom. The molecule has 0 aromatic carbocycles. The van der Waals surface area contributed by atoms with Crippen LogP contribution in [0.15, 0.2) is 9.52 Å². The number of carbonyl (C=O) groups excluding carboxylic acids is 1. The van der Waals surface area contributed by atoms with Gasteiger partial charge in [0.1, 0.15) is 0 Å². The van der Waals surface area contributed by atoms with Gasteiger partial charge in [0.15, 0.2) is 11.8 Å². The van der Waals surface area contributed by atoms with E-state index in [1.807, 2.05) is 20.8 Å². The van der Waals surface area contributed by atoms with Crippen molar-refractivity contribution in [3.63, 3.8) is 0 Å². The molecule has 1 N–H and O–H groups in total. The van der Waals surface area contributed by atoms with E-state index in [1.54, 1.807) is 7.05 Å². The van der Waals surface area contributed by atoms with E-state index < -0.39 is 0 Å². The fourth-order valence-electron chi connectivity index (χ4n) is 2.61. The van der Waals surface area contributed by atoms with E-state index in [-0.39, 0.29) is 17.3 Å². The predicted molar refractivity (Wildman–Crippen MR) is 89.5 cm³/mol. The summed E-state index contributed by atoms with van der Waals surface area (Å²) in [6.45, 7) is 8.06. The second kappa shape index (κ2) is 7.63. The Kier molecular flexibility index (Phi) is 5.80. The van der Waals surface area contributed by atoms with Crippen molar-refractivity contribution in [2.45, 2.75) is 45.6 Å². The van der Waals surface area contributed by atoms with Crippen LogP contribution in [0.5, 0.6) is 0 Å². The maximum absolute atomic E-state index is 11.6. The van der Waals surface area contributed by atoms with E-state index in [0.717, 1.165) is 31.9 Å². The average molecular weight is 337 g/mol. The summed E-state index contributed by atoms with van der Waals surface area (Å²) in [6, 6.07) is 0. The number of piperidine rings is 1. The fraction of sp³-hybridized carbons (Fsp3) is 0.750. The molecule has 0 saturated carbocycles. The van der Waals surface area contributed by atoms with Crippen LogP contribution >= 0.6 is 0 Å². The number of ether oxygens (including phenoxy) is 1. The van der Waals surface area contributed by atoms with Crippen molar-refractivity contribution < 1.29 is 14.1 Å². The number of aromatic nitrogens is 2. The lowest BCUT2D eigenvalue weighted by atomic mass is 9.97. The summed E-state index contributed by atoms with van der Waals surface area (Å²) in [4.78, 5) is 22.4. The van der Waals surface area contributed by atoms with Gasteiger partial charge in [0.2, 0.25) is 5.89 Å². The minimum absolute atomic E-state index is 0.0177. The van der Waals surface area contributed by atoms with Crippen molar-refractivity contribution >= 4 is 11.9 Å². The van der Waals surface area contributed by atoms with Gasteiger partial charge in [0.05, 0.1) is 19.6 Å². The van der Waals surface area contributed by atoms with Crippen LogP contribution in [0.2, 0.25) is 0 Å². The summed E-state index contributed by atoms with van der Waals surface area (Å²) in [7, 11) is 3.18. The topological polar surface area (TPSA) is 92.9 Å². The molecule has 1 fully saturated rings. The third-order valence-corrected chi connectivity index (χ3v) is 4.06. The standard InChI is InChI=1S/C16H27N5O3/c1-16(2,3)14-19-12(20-24-14)10-18-15(17-4)21-8-6-11(7-9-21)13(22)23-5/h11H,6-10H2,1-5H3,(H,17,18). The molecule has 0 radical (unpaired) electrons. The number of rotatable bonds is 3. The van der Waals surface area contributed by atoms with Crippen molar-refractivity contribution in [2.24, 2.45) is 10.9 Å². The van der Waals surface area contributed by atoms with Crippen molar-refractivity contribution in [3.8, 4) is 0 Å². The smallest absolute Gasteiger partial charge is 0.308 e. The van der Waals surface area contributed by atoms with Crippen molar-refractivity contribution in [1.82, 2.24) is 20.4 Å². The molecule has 0 aliphatic carbocycles. The third-order valence-electron chi connectivity index (χ3n) is 4.06. The molecule has 0 bridgehead atoms. The van der Waals surface area contributed by atoms with Crippen LogP contribution in [0.1, 0.15) is 45.3 Å². The molecule has 1 aromatic rings. The van der Waals surface area contributed by atoms with E-state index >= 15 is 0 Å². The number of esters is 1. The van der Waals surface area contributed by atoms with Gasteiger partial charge in [-0.05, 0) is 12.8 Å². The number of guanidine groups is 1. The van der Waals surface area contributed by atoms with Gasteiger partial charge in [-0.2, -0.15) is 4.98 Å². The minimum atomic E-state index is -0.164. The Morgan fingerprint density at radius 3 is 2.58 bits per heavy atom. The van der Waals surface area contributed by atoms with Crippen molar-refractivity contribution in [1.29, 1.82) is 0 Å². The lowest BCUT2D eigenvalue weighted by Gasteiger charge is -2.32. The first kappa shape index (κ1) is 18.2. The van der Waals surface area contributed by atoms with Crippen LogP contribution < -0.4 is 5.32 Å². The summed E-state index contributed by atoms with van der Waals surface area (Å²) < 4.78 is 10.1. The van der Waals surface area contributed by atoms with Gasteiger partial charge in [-0.3, -0.25) is 9.79 Å². The second-order valence-corrected chi connectivity index (χ2v) is 6.95. The molecular formula is C16H27N5O3. The Labute approximate surface area is 142 Å². The number of likely N-dealkylation sites (tertiary alicyclic amines) is 1. The Bertz CT molecular complexity index is 583. The van der Waals surface area contributed by atoms with E-state index in [1.165, 1.54) is 7.11 Å². The molecular weight excluding hydrogens is 310 g/mol. The molecule has 2 rings (SSSR count). The zero-order valence-corrected chi connectivity index (χ0v) is 15.1. The van der Waals surface area contributed by atoms with E-state index in [0.29, 0.717) is 18.3 Å². The first-order valence-electron chi connectivity index (χ1n) is 8.21. The van der Waals surface area contributed by atoms with E-state index in [4.69, 9.17) is 9.26 Å². The second-order valence-electron chi connectivity index (χ2n) is 6.95. The molecule has 1 aliphatic rings. The normalized spacial score (nSPS) is 17.0. The molecule has 0 spiro atoms. The number of nitrogens with one attached hydrogen (secondary N) is 1. The number of methoxy groups -OCH3 is 1. The summed E-state index contributed by atoms with van der Waals surface area (Å²) in [5.41, 5.74) is -0.164. The lowest BCUT2D eigenvalue weighted by Crippen LogP contribution is -2.46. The molecule has 8 nitrogen and oxygen atoms in total. The minimum Gasteiger partial charge on any atom is -0.469 e. The van der Waals surface area contributed by atoms with Crippen LogP contribution in [0, 0.1) is 5.92 Å². The largest absolute Gasteiger partial charge is 0.469 e. The first-order chi connectivity index (χ1) is 11.3. The van der Waals surface area contributed by atoms with Crippen LogP contribution in [0.3, 0.4) is 0 Å². The Hall–Kier alpha value is -2.12. The zero-order valence-electron chi connectivity index (χ0n) is 15.1. The lowest BCUT2D eigenvalue weighted by molar-refractivity contribution is -0.146. The first-order valence-corrected chi connectivity index (χ1v) is 8.21. The van der Waals surface area contributed by atoms with Gasteiger partial charge in [-0.1, -0.05) is 25.9 Å². The number of aliphatic imine (C=N–C) groups is 1. The molecule has 1 aromatic heterocycles. The van der Waals surface area contributed by atoms with Gasteiger partial charge in [0.25, 0.3) is 0 Å². The quantitative estimate of drug-likeness (QED) is 0.505. The van der Waals surface area contributed by atoms with Crippen molar-refractivity contribution in [2.75, 3.05) is 27.2 Å². The molecule has 1 saturated heterocycles. The highest BCUT2D eigenvalue weighted by atomic mass is 16.5. The van der Waals surface area contributed by atoms with Gasteiger partial charge >= 0.3 is 5.97 Å². The molecule has 0 unspecified atom stereocenters. The molecule has 134 valence electrons. The molecule has 8 heteroatoms. The van der Waals surface area contributed by atoms with Crippen LogP contribution in [0.25, 0.3) is 0 Å². The number of nitrogens with zero attached hydrogens (tertiary/aromatic N) is 4. The highest BCUT2D eigenvalue weighted by Crippen LogP contribution is 2.20. The van der Waals surface area contributed by atoms with E-state index in [9.17, 15) is 4.79 Å². The third kappa shape index (κ3) is 4.46. The van der Waals surface area contributed by atoms with Crippen molar-refractivity contribution in [3.05, 3.63) is 11.7 Å². The molecule has 1 aliphatic heterocycles. The van der Waals surface area contributed by atoms with Crippen LogP contribution in [0.4, 0.5) is 0 Å². The van der Waals surface area contributed by atoms with Gasteiger partial charge in [0, 0.05) is 25.6 Å². The summed E-state index contributed by atoms with van der Waals surface area (Å²) in [5.74, 6) is 1.86. The summed E-state index contributed by atoms with van der Waals surface area (Å²) >= 11 is 0. The fourth-order valence-corrected chi connectivity index (χ4v) is 2.61. The zero-order chi connectivity index (χ0) is 17.7. The SMILES string of the molecule is CN=C(NCc1noc(C(C)(C)C)n1)N1CCC(C(=O)OC)CC1. The molecule has 24 heavy (non-hydrogen) atoms. The molecule has 2 heterocycles. The van der Waals surface area contributed by atoms with Gasteiger partial charge in [-0.25, -0.2) is 0 Å². The van der Waals surface area contributed by atoms with Crippen LogP contribution in [-0.4, -0.2) is 54.2 Å². The highest BCUT2D eigenvalue weighted by molar-refractivity contribution is 5.80. The Morgan fingerprint density at radius 2 is 2.08 bits per heavy atom.